The van der Waals surface area contributed by atoms with Gasteiger partial charge in [0.25, 0.3) is 0 Å². The molecule has 2 aliphatic rings. The predicted molar refractivity (Wildman–Crippen MR) is 69.2 cm³/mol. The molecule has 3 nitrogen and oxygen atoms in total. The summed E-state index contributed by atoms with van der Waals surface area (Å²) in [5.74, 6) is 0.928. The highest BCUT2D eigenvalue weighted by Gasteiger charge is 2.28. The standard InChI is InChI=1S/C14H27NO2/c1-14(2)11-15-9-13(17-14)10-16-8-7-12-5-3-4-6-12/h12-13,15H,3-11H2,1-2H3. The van der Waals surface area contributed by atoms with Crippen LogP contribution in [-0.4, -0.2) is 38.0 Å². The van der Waals surface area contributed by atoms with Crippen LogP contribution in [0.2, 0.25) is 0 Å². The molecule has 0 bridgehead atoms. The molecule has 1 atom stereocenters. The van der Waals surface area contributed by atoms with E-state index in [1.807, 2.05) is 0 Å². The molecular formula is C14H27NO2. The summed E-state index contributed by atoms with van der Waals surface area (Å²) in [6.45, 7) is 7.77. The number of rotatable bonds is 5. The number of hydrogen-bond donors (Lipinski definition) is 1. The van der Waals surface area contributed by atoms with Gasteiger partial charge in [0.15, 0.2) is 0 Å². The molecule has 0 aromatic rings. The van der Waals surface area contributed by atoms with Gasteiger partial charge in [-0.25, -0.2) is 0 Å². The van der Waals surface area contributed by atoms with E-state index in [2.05, 4.69) is 19.2 Å². The van der Waals surface area contributed by atoms with Gasteiger partial charge in [-0.15, -0.1) is 0 Å². The summed E-state index contributed by atoms with van der Waals surface area (Å²) in [5.41, 5.74) is -0.0439. The fraction of sp³-hybridized carbons (Fsp3) is 1.00. The van der Waals surface area contributed by atoms with E-state index in [0.29, 0.717) is 0 Å². The minimum atomic E-state index is -0.0439. The lowest BCUT2D eigenvalue weighted by Crippen LogP contribution is -2.51. The SMILES string of the molecule is CC1(C)CNCC(COCCC2CCCC2)O1. The van der Waals surface area contributed by atoms with Gasteiger partial charge in [0.05, 0.1) is 18.3 Å². The Balaban J connectivity index is 1.55. The first kappa shape index (κ1) is 13.3. The normalized spacial score (nSPS) is 29.6. The molecule has 0 spiro atoms. The minimum absolute atomic E-state index is 0.0439. The van der Waals surface area contributed by atoms with Crippen molar-refractivity contribution in [2.75, 3.05) is 26.3 Å². The van der Waals surface area contributed by atoms with Gasteiger partial charge >= 0.3 is 0 Å². The number of hydrogen-bond acceptors (Lipinski definition) is 3. The van der Waals surface area contributed by atoms with Crippen molar-refractivity contribution in [3.05, 3.63) is 0 Å². The van der Waals surface area contributed by atoms with Crippen LogP contribution in [-0.2, 0) is 9.47 Å². The second-order valence-corrected chi connectivity index (χ2v) is 6.14. The largest absolute Gasteiger partial charge is 0.379 e. The predicted octanol–water partition coefficient (Wildman–Crippen LogP) is 2.35. The number of nitrogens with one attached hydrogen (secondary N) is 1. The lowest BCUT2D eigenvalue weighted by Gasteiger charge is -2.36. The third kappa shape index (κ3) is 4.57. The van der Waals surface area contributed by atoms with E-state index in [-0.39, 0.29) is 11.7 Å². The molecule has 0 radical (unpaired) electrons. The maximum absolute atomic E-state index is 5.96. The summed E-state index contributed by atoms with van der Waals surface area (Å²) in [6.07, 6.45) is 7.14. The van der Waals surface area contributed by atoms with E-state index in [0.717, 1.165) is 32.2 Å². The Kier molecular flexibility index (Phi) is 4.83. The van der Waals surface area contributed by atoms with Crippen LogP contribution in [0.4, 0.5) is 0 Å². The van der Waals surface area contributed by atoms with Crippen LogP contribution < -0.4 is 5.32 Å². The fourth-order valence-corrected chi connectivity index (χ4v) is 2.93. The van der Waals surface area contributed by atoms with Gasteiger partial charge in [0.2, 0.25) is 0 Å². The van der Waals surface area contributed by atoms with Crippen molar-refractivity contribution in [2.24, 2.45) is 5.92 Å². The third-order valence-corrected chi connectivity index (χ3v) is 3.86. The Morgan fingerprint density at radius 3 is 2.76 bits per heavy atom. The van der Waals surface area contributed by atoms with Crippen molar-refractivity contribution < 1.29 is 9.47 Å². The molecule has 0 amide bonds. The van der Waals surface area contributed by atoms with Crippen molar-refractivity contribution in [3.8, 4) is 0 Å². The van der Waals surface area contributed by atoms with E-state index in [9.17, 15) is 0 Å². The van der Waals surface area contributed by atoms with Gasteiger partial charge in [-0.2, -0.15) is 0 Å². The van der Waals surface area contributed by atoms with Gasteiger partial charge in [-0.1, -0.05) is 25.7 Å². The molecule has 3 heteroatoms. The van der Waals surface area contributed by atoms with E-state index >= 15 is 0 Å². The molecule has 2 rings (SSSR count). The Morgan fingerprint density at radius 2 is 2.06 bits per heavy atom. The maximum atomic E-state index is 5.96. The summed E-state index contributed by atoms with van der Waals surface area (Å²) in [4.78, 5) is 0. The van der Waals surface area contributed by atoms with Crippen LogP contribution in [0, 0.1) is 5.92 Å². The van der Waals surface area contributed by atoms with E-state index < -0.39 is 0 Å². The molecule has 1 saturated carbocycles. The summed E-state index contributed by atoms with van der Waals surface area (Å²) in [5, 5.41) is 3.40. The molecule has 100 valence electrons. The van der Waals surface area contributed by atoms with Crippen molar-refractivity contribution in [3.63, 3.8) is 0 Å². The van der Waals surface area contributed by atoms with Gasteiger partial charge in [0.1, 0.15) is 0 Å². The summed E-state index contributed by atoms with van der Waals surface area (Å²) < 4.78 is 11.7. The van der Waals surface area contributed by atoms with Crippen molar-refractivity contribution in [2.45, 2.75) is 57.7 Å². The Hall–Kier alpha value is -0.120. The highest BCUT2D eigenvalue weighted by atomic mass is 16.5. The highest BCUT2D eigenvalue weighted by Crippen LogP contribution is 2.27. The summed E-state index contributed by atoms with van der Waals surface area (Å²) >= 11 is 0. The number of ether oxygens (including phenoxy) is 2. The first-order chi connectivity index (χ1) is 8.16. The molecule has 1 saturated heterocycles. The molecule has 1 heterocycles. The molecule has 1 N–H and O–H groups in total. The van der Waals surface area contributed by atoms with Crippen LogP contribution in [0.25, 0.3) is 0 Å². The molecular weight excluding hydrogens is 214 g/mol. The van der Waals surface area contributed by atoms with Crippen LogP contribution in [0.1, 0.15) is 46.0 Å². The summed E-state index contributed by atoms with van der Waals surface area (Å²) in [7, 11) is 0. The maximum Gasteiger partial charge on any atom is 0.0940 e. The fourth-order valence-electron chi connectivity index (χ4n) is 2.93. The molecule has 17 heavy (non-hydrogen) atoms. The molecule has 1 aliphatic heterocycles. The molecule has 2 fully saturated rings. The Morgan fingerprint density at radius 1 is 1.29 bits per heavy atom. The van der Waals surface area contributed by atoms with Crippen LogP contribution >= 0.6 is 0 Å². The first-order valence-corrected chi connectivity index (χ1v) is 7.12. The van der Waals surface area contributed by atoms with Gasteiger partial charge in [-0.3, -0.25) is 0 Å². The zero-order valence-corrected chi connectivity index (χ0v) is 11.3. The van der Waals surface area contributed by atoms with Crippen LogP contribution in [0.5, 0.6) is 0 Å². The smallest absolute Gasteiger partial charge is 0.0940 e. The quantitative estimate of drug-likeness (QED) is 0.750. The average Bonchev–Trinajstić information content (AvgIpc) is 2.76. The second-order valence-electron chi connectivity index (χ2n) is 6.14. The van der Waals surface area contributed by atoms with Crippen molar-refractivity contribution in [1.29, 1.82) is 0 Å². The van der Waals surface area contributed by atoms with Gasteiger partial charge in [-0.05, 0) is 26.2 Å². The molecule has 0 aromatic heterocycles. The topological polar surface area (TPSA) is 30.5 Å². The highest BCUT2D eigenvalue weighted by molar-refractivity contribution is 4.81. The number of morpholine rings is 1. The van der Waals surface area contributed by atoms with E-state index in [1.54, 1.807) is 0 Å². The van der Waals surface area contributed by atoms with Gasteiger partial charge < -0.3 is 14.8 Å². The third-order valence-electron chi connectivity index (χ3n) is 3.86. The monoisotopic (exact) mass is 241 g/mol. The van der Waals surface area contributed by atoms with Crippen molar-refractivity contribution in [1.82, 2.24) is 5.32 Å². The average molecular weight is 241 g/mol. The first-order valence-electron chi connectivity index (χ1n) is 7.12. The zero-order chi connectivity index (χ0) is 12.1. The summed E-state index contributed by atoms with van der Waals surface area (Å²) in [6, 6.07) is 0. The lowest BCUT2D eigenvalue weighted by molar-refractivity contribution is -0.120. The Labute approximate surface area is 105 Å². The van der Waals surface area contributed by atoms with Crippen molar-refractivity contribution >= 4 is 0 Å². The second kappa shape index (κ2) is 6.17. The molecule has 1 unspecified atom stereocenters. The molecule has 1 aliphatic carbocycles. The van der Waals surface area contributed by atoms with Crippen LogP contribution in [0.3, 0.4) is 0 Å². The lowest BCUT2D eigenvalue weighted by atomic mass is 10.1. The van der Waals surface area contributed by atoms with E-state index in [1.165, 1.54) is 32.1 Å². The van der Waals surface area contributed by atoms with Gasteiger partial charge in [0, 0.05) is 19.7 Å². The minimum Gasteiger partial charge on any atom is -0.379 e. The van der Waals surface area contributed by atoms with E-state index in [4.69, 9.17) is 9.47 Å². The Bertz CT molecular complexity index is 224. The molecule has 0 aromatic carbocycles. The van der Waals surface area contributed by atoms with Crippen LogP contribution in [0.15, 0.2) is 0 Å². The zero-order valence-electron chi connectivity index (χ0n) is 11.3.